The normalized spacial score (nSPS) is 11.3. The summed E-state index contributed by atoms with van der Waals surface area (Å²) in [7, 11) is -3.23. The van der Waals surface area contributed by atoms with E-state index in [2.05, 4.69) is 41.5 Å². The number of anilines is 1. The van der Waals surface area contributed by atoms with E-state index in [1.54, 1.807) is 6.07 Å². The van der Waals surface area contributed by atoms with Crippen LogP contribution in [0.5, 0.6) is 0 Å². The van der Waals surface area contributed by atoms with Crippen LogP contribution in [-0.2, 0) is 22.8 Å². The maximum atomic E-state index is 11.3. The summed E-state index contributed by atoms with van der Waals surface area (Å²) < 4.78 is 22.6. The molecule has 1 N–H and O–H groups in total. The standard InChI is InChI=1S/C15H18N2O2S/c1-3-12-4-6-13(7-5-12)10-16-14-8-9-15(17-11-14)20(2,18)19/h4-9,11,16H,3,10H2,1-2H3. The molecule has 0 spiro atoms. The van der Waals surface area contributed by atoms with Crippen LogP contribution in [0.1, 0.15) is 18.1 Å². The minimum Gasteiger partial charge on any atom is -0.380 e. The molecule has 1 aromatic carbocycles. The lowest BCUT2D eigenvalue weighted by atomic mass is 10.1. The van der Waals surface area contributed by atoms with Crippen LogP contribution in [0.2, 0.25) is 0 Å². The number of hydrogen-bond donors (Lipinski definition) is 1. The fraction of sp³-hybridized carbons (Fsp3) is 0.267. The maximum Gasteiger partial charge on any atom is 0.192 e. The molecule has 0 fully saturated rings. The van der Waals surface area contributed by atoms with E-state index in [0.717, 1.165) is 18.4 Å². The highest BCUT2D eigenvalue weighted by molar-refractivity contribution is 7.90. The highest BCUT2D eigenvalue weighted by atomic mass is 32.2. The lowest BCUT2D eigenvalue weighted by Gasteiger charge is -2.07. The van der Waals surface area contributed by atoms with Gasteiger partial charge >= 0.3 is 0 Å². The Balaban J connectivity index is 2.00. The Morgan fingerprint density at radius 3 is 2.20 bits per heavy atom. The smallest absolute Gasteiger partial charge is 0.192 e. The molecule has 5 heteroatoms. The first-order chi connectivity index (χ1) is 9.49. The number of nitrogens with one attached hydrogen (secondary N) is 1. The zero-order valence-corrected chi connectivity index (χ0v) is 12.4. The average Bonchev–Trinajstić information content (AvgIpc) is 2.45. The van der Waals surface area contributed by atoms with Gasteiger partial charge in [-0.25, -0.2) is 13.4 Å². The van der Waals surface area contributed by atoms with Crippen molar-refractivity contribution >= 4 is 15.5 Å². The maximum absolute atomic E-state index is 11.3. The van der Waals surface area contributed by atoms with E-state index < -0.39 is 9.84 Å². The van der Waals surface area contributed by atoms with E-state index in [1.807, 2.05) is 0 Å². The summed E-state index contributed by atoms with van der Waals surface area (Å²) in [6.07, 6.45) is 3.72. The van der Waals surface area contributed by atoms with Gasteiger partial charge in [-0.2, -0.15) is 0 Å². The quantitative estimate of drug-likeness (QED) is 0.919. The third-order valence-corrected chi connectivity index (χ3v) is 4.05. The zero-order chi connectivity index (χ0) is 14.6. The summed E-state index contributed by atoms with van der Waals surface area (Å²) in [4.78, 5) is 3.94. The molecule has 2 aromatic rings. The van der Waals surface area contributed by atoms with Gasteiger partial charge in [-0.1, -0.05) is 31.2 Å². The minimum atomic E-state index is -3.23. The predicted molar refractivity (Wildman–Crippen MR) is 80.5 cm³/mol. The van der Waals surface area contributed by atoms with Crippen LogP contribution in [0.4, 0.5) is 5.69 Å². The Morgan fingerprint density at radius 2 is 1.70 bits per heavy atom. The predicted octanol–water partition coefficient (Wildman–Crippen LogP) is 2.66. The minimum absolute atomic E-state index is 0.0929. The topological polar surface area (TPSA) is 59.1 Å². The Kier molecular flexibility index (Phi) is 4.39. The van der Waals surface area contributed by atoms with Gasteiger partial charge in [0.25, 0.3) is 0 Å². The number of pyridine rings is 1. The first-order valence-corrected chi connectivity index (χ1v) is 8.36. The van der Waals surface area contributed by atoms with Gasteiger partial charge < -0.3 is 5.32 Å². The molecule has 0 bridgehead atoms. The Labute approximate surface area is 119 Å². The number of hydrogen-bond acceptors (Lipinski definition) is 4. The number of aryl methyl sites for hydroxylation is 1. The van der Waals surface area contributed by atoms with Crippen LogP contribution in [0, 0.1) is 0 Å². The summed E-state index contributed by atoms with van der Waals surface area (Å²) in [5, 5.41) is 3.31. The first-order valence-electron chi connectivity index (χ1n) is 6.47. The van der Waals surface area contributed by atoms with Crippen molar-refractivity contribution in [2.24, 2.45) is 0 Å². The van der Waals surface area contributed by atoms with Crippen molar-refractivity contribution in [1.82, 2.24) is 4.98 Å². The molecule has 1 aromatic heterocycles. The summed E-state index contributed by atoms with van der Waals surface area (Å²) in [5.41, 5.74) is 3.29. The van der Waals surface area contributed by atoms with Crippen LogP contribution in [0.15, 0.2) is 47.6 Å². The Morgan fingerprint density at radius 1 is 1.05 bits per heavy atom. The molecule has 0 unspecified atom stereocenters. The molecule has 2 rings (SSSR count). The van der Waals surface area contributed by atoms with Crippen molar-refractivity contribution in [2.75, 3.05) is 11.6 Å². The largest absolute Gasteiger partial charge is 0.380 e. The van der Waals surface area contributed by atoms with Crippen LogP contribution in [-0.4, -0.2) is 19.7 Å². The van der Waals surface area contributed by atoms with E-state index in [9.17, 15) is 8.42 Å². The summed E-state index contributed by atoms with van der Waals surface area (Å²) in [6.45, 7) is 2.81. The SMILES string of the molecule is CCc1ccc(CNc2ccc(S(C)(=O)=O)nc2)cc1. The Bertz CT molecular complexity index is 662. The van der Waals surface area contributed by atoms with E-state index >= 15 is 0 Å². The van der Waals surface area contributed by atoms with E-state index in [4.69, 9.17) is 0 Å². The number of nitrogens with zero attached hydrogens (tertiary/aromatic N) is 1. The lowest BCUT2D eigenvalue weighted by molar-refractivity contribution is 0.598. The molecule has 4 nitrogen and oxygen atoms in total. The molecule has 20 heavy (non-hydrogen) atoms. The third-order valence-electron chi connectivity index (χ3n) is 3.04. The molecule has 0 atom stereocenters. The van der Waals surface area contributed by atoms with Crippen molar-refractivity contribution in [1.29, 1.82) is 0 Å². The average molecular weight is 290 g/mol. The van der Waals surface area contributed by atoms with Crippen LogP contribution in [0.25, 0.3) is 0 Å². The van der Waals surface area contributed by atoms with Crippen LogP contribution in [0.3, 0.4) is 0 Å². The van der Waals surface area contributed by atoms with E-state index in [1.165, 1.54) is 23.4 Å². The zero-order valence-electron chi connectivity index (χ0n) is 11.6. The molecule has 0 aliphatic heterocycles. The van der Waals surface area contributed by atoms with Crippen molar-refractivity contribution in [3.63, 3.8) is 0 Å². The molecule has 0 aliphatic rings. The molecule has 0 saturated heterocycles. The van der Waals surface area contributed by atoms with Gasteiger partial charge in [0.05, 0.1) is 11.9 Å². The summed E-state index contributed by atoms with van der Waals surface area (Å²) in [5.74, 6) is 0. The van der Waals surface area contributed by atoms with Crippen LogP contribution < -0.4 is 5.32 Å². The highest BCUT2D eigenvalue weighted by Crippen LogP contribution is 2.12. The van der Waals surface area contributed by atoms with Gasteiger partial charge in [-0.05, 0) is 29.7 Å². The third kappa shape index (κ3) is 3.81. The molecule has 0 amide bonds. The molecule has 0 aliphatic carbocycles. The molecule has 106 valence electrons. The summed E-state index contributed by atoms with van der Waals surface area (Å²) >= 11 is 0. The highest BCUT2D eigenvalue weighted by Gasteiger charge is 2.07. The van der Waals surface area contributed by atoms with Gasteiger partial charge in [-0.3, -0.25) is 0 Å². The molecule has 0 saturated carbocycles. The van der Waals surface area contributed by atoms with Gasteiger partial charge in [0.2, 0.25) is 0 Å². The summed E-state index contributed by atoms with van der Waals surface area (Å²) in [6, 6.07) is 11.6. The van der Waals surface area contributed by atoms with E-state index in [-0.39, 0.29) is 5.03 Å². The number of rotatable bonds is 5. The number of benzene rings is 1. The molecule has 0 radical (unpaired) electrons. The monoisotopic (exact) mass is 290 g/mol. The van der Waals surface area contributed by atoms with Crippen molar-refractivity contribution < 1.29 is 8.42 Å². The van der Waals surface area contributed by atoms with Crippen molar-refractivity contribution in [3.05, 3.63) is 53.7 Å². The van der Waals surface area contributed by atoms with Gasteiger partial charge in [0.15, 0.2) is 14.9 Å². The fourth-order valence-electron chi connectivity index (χ4n) is 1.80. The van der Waals surface area contributed by atoms with Crippen molar-refractivity contribution in [3.8, 4) is 0 Å². The Hall–Kier alpha value is -1.88. The van der Waals surface area contributed by atoms with Gasteiger partial charge in [0, 0.05) is 12.8 Å². The second kappa shape index (κ2) is 6.05. The van der Waals surface area contributed by atoms with Crippen molar-refractivity contribution in [2.45, 2.75) is 24.9 Å². The first kappa shape index (κ1) is 14.5. The molecular weight excluding hydrogens is 272 g/mol. The second-order valence-corrected chi connectivity index (χ2v) is 6.64. The molecule has 1 heterocycles. The lowest BCUT2D eigenvalue weighted by Crippen LogP contribution is -2.03. The number of sulfone groups is 1. The fourth-order valence-corrected chi connectivity index (χ4v) is 2.36. The molecular formula is C15H18N2O2S. The van der Waals surface area contributed by atoms with Gasteiger partial charge in [-0.15, -0.1) is 0 Å². The van der Waals surface area contributed by atoms with Gasteiger partial charge in [0.1, 0.15) is 0 Å². The second-order valence-electron chi connectivity index (χ2n) is 4.68. The van der Waals surface area contributed by atoms with E-state index in [0.29, 0.717) is 6.54 Å². The van der Waals surface area contributed by atoms with Crippen LogP contribution >= 0.6 is 0 Å². The number of aromatic nitrogens is 1.